The van der Waals surface area contributed by atoms with E-state index in [1.807, 2.05) is 19.9 Å². The van der Waals surface area contributed by atoms with Crippen LogP contribution < -0.4 is 4.74 Å². The number of rotatable bonds is 5. The molecule has 0 radical (unpaired) electrons. The number of H-pyrrole nitrogens is 1. The molecule has 7 heteroatoms. The second-order valence-electron chi connectivity index (χ2n) is 5.78. The van der Waals surface area contributed by atoms with Crippen molar-refractivity contribution in [1.29, 1.82) is 0 Å². The highest BCUT2D eigenvalue weighted by Crippen LogP contribution is 2.24. The van der Waals surface area contributed by atoms with Gasteiger partial charge in [-0.2, -0.15) is 0 Å². The number of aryl methyl sites for hydroxylation is 2. The van der Waals surface area contributed by atoms with Gasteiger partial charge in [0, 0.05) is 23.6 Å². The summed E-state index contributed by atoms with van der Waals surface area (Å²) in [5.74, 6) is -0.232. The van der Waals surface area contributed by atoms with Gasteiger partial charge in [-0.05, 0) is 35.6 Å². The molecule has 3 aromatic rings. The molecule has 0 saturated heterocycles. The fourth-order valence-corrected chi connectivity index (χ4v) is 2.59. The number of hydrogen-bond acceptors (Lipinski definition) is 3. The van der Waals surface area contributed by atoms with Crippen molar-refractivity contribution in [3.63, 3.8) is 0 Å². The lowest BCUT2D eigenvalue weighted by atomic mass is 10.1. The van der Waals surface area contributed by atoms with Crippen LogP contribution in [-0.2, 0) is 6.42 Å². The Morgan fingerprint density at radius 3 is 2.80 bits per heavy atom. The molecule has 0 aliphatic heterocycles. The van der Waals surface area contributed by atoms with Crippen LogP contribution in [0.2, 0.25) is 0 Å². The zero-order valence-corrected chi connectivity index (χ0v) is 14.0. The smallest absolute Gasteiger partial charge is 0.252 e. The Balaban J connectivity index is 1.79. The number of amides is 1. The molecule has 0 unspecified atom stereocenters. The standard InChI is InChI=1S/C18H17N5O2/c1-11-3-5-13(6-4-11)7-8-25-15-9-12(2)16-17(21-15)14(10-20-16)18(24)22-23-19/h3-6,9-10,20H,7-8H2,1-2H3. The summed E-state index contributed by atoms with van der Waals surface area (Å²) < 4.78 is 5.75. The average molecular weight is 335 g/mol. The molecule has 25 heavy (non-hydrogen) atoms. The molecule has 1 aromatic carbocycles. The molecule has 2 aromatic heterocycles. The zero-order valence-electron chi connectivity index (χ0n) is 14.0. The molecule has 0 aliphatic rings. The van der Waals surface area contributed by atoms with Gasteiger partial charge in [-0.3, -0.25) is 4.79 Å². The van der Waals surface area contributed by atoms with Crippen LogP contribution in [0.5, 0.6) is 5.88 Å². The van der Waals surface area contributed by atoms with Crippen molar-refractivity contribution in [3.8, 4) is 5.88 Å². The molecule has 2 heterocycles. The molecule has 1 amide bonds. The molecule has 7 nitrogen and oxygen atoms in total. The van der Waals surface area contributed by atoms with E-state index in [1.165, 1.54) is 17.3 Å². The van der Waals surface area contributed by atoms with E-state index in [9.17, 15) is 4.79 Å². The van der Waals surface area contributed by atoms with Crippen LogP contribution in [0.1, 0.15) is 27.0 Å². The number of azide groups is 1. The molecular weight excluding hydrogens is 318 g/mol. The molecule has 0 fully saturated rings. The van der Waals surface area contributed by atoms with Gasteiger partial charge in [-0.1, -0.05) is 29.8 Å². The zero-order chi connectivity index (χ0) is 17.8. The highest BCUT2D eigenvalue weighted by atomic mass is 16.5. The third-order valence-electron chi connectivity index (χ3n) is 3.94. The first-order valence-corrected chi connectivity index (χ1v) is 7.85. The van der Waals surface area contributed by atoms with Crippen molar-refractivity contribution in [2.75, 3.05) is 6.61 Å². The first-order chi connectivity index (χ1) is 12.1. The Morgan fingerprint density at radius 1 is 1.32 bits per heavy atom. The lowest BCUT2D eigenvalue weighted by molar-refractivity contribution is 0.100. The summed E-state index contributed by atoms with van der Waals surface area (Å²) in [5.41, 5.74) is 13.2. The number of ether oxygens (including phenoxy) is 1. The van der Waals surface area contributed by atoms with Crippen molar-refractivity contribution in [2.45, 2.75) is 20.3 Å². The average Bonchev–Trinajstić information content (AvgIpc) is 3.01. The third kappa shape index (κ3) is 3.62. The molecule has 126 valence electrons. The van der Waals surface area contributed by atoms with Crippen LogP contribution in [0.15, 0.2) is 41.6 Å². The van der Waals surface area contributed by atoms with Gasteiger partial charge >= 0.3 is 0 Å². The molecule has 0 bridgehead atoms. The topological polar surface area (TPSA) is 104 Å². The largest absolute Gasteiger partial charge is 0.477 e. The Bertz CT molecular complexity index is 969. The van der Waals surface area contributed by atoms with Crippen molar-refractivity contribution in [1.82, 2.24) is 9.97 Å². The predicted molar refractivity (Wildman–Crippen MR) is 94.7 cm³/mol. The van der Waals surface area contributed by atoms with Gasteiger partial charge in [0.25, 0.3) is 5.91 Å². The van der Waals surface area contributed by atoms with Crippen LogP contribution in [0.3, 0.4) is 0 Å². The number of carbonyl (C=O) groups is 1. The normalized spacial score (nSPS) is 10.5. The maximum Gasteiger partial charge on any atom is 0.252 e. The molecule has 1 N–H and O–H groups in total. The molecule has 0 saturated carbocycles. The number of carbonyl (C=O) groups excluding carboxylic acids is 1. The summed E-state index contributed by atoms with van der Waals surface area (Å²) in [6.07, 6.45) is 2.26. The van der Waals surface area contributed by atoms with E-state index in [-0.39, 0.29) is 5.56 Å². The van der Waals surface area contributed by atoms with Gasteiger partial charge in [-0.25, -0.2) is 4.98 Å². The molecule has 3 rings (SSSR count). The van der Waals surface area contributed by atoms with Crippen LogP contribution in [0.25, 0.3) is 21.5 Å². The number of fused-ring (bicyclic) bond motifs is 1. The number of aromatic nitrogens is 2. The van der Waals surface area contributed by atoms with Gasteiger partial charge in [0.1, 0.15) is 5.52 Å². The number of hydrogen-bond donors (Lipinski definition) is 1. The highest BCUT2D eigenvalue weighted by Gasteiger charge is 2.15. The lowest BCUT2D eigenvalue weighted by Crippen LogP contribution is -2.03. The summed E-state index contributed by atoms with van der Waals surface area (Å²) in [7, 11) is 0. The minimum atomic E-state index is -0.669. The van der Waals surface area contributed by atoms with E-state index in [2.05, 4.69) is 44.3 Å². The van der Waals surface area contributed by atoms with Crippen molar-refractivity contribution < 1.29 is 9.53 Å². The monoisotopic (exact) mass is 335 g/mol. The first kappa shape index (κ1) is 16.5. The van der Waals surface area contributed by atoms with Crippen LogP contribution in [0.4, 0.5) is 0 Å². The summed E-state index contributed by atoms with van der Waals surface area (Å²) in [6.45, 7) is 4.43. The number of benzene rings is 1. The lowest BCUT2D eigenvalue weighted by Gasteiger charge is -2.07. The highest BCUT2D eigenvalue weighted by molar-refractivity contribution is 6.06. The minimum Gasteiger partial charge on any atom is -0.477 e. The van der Waals surface area contributed by atoms with E-state index in [0.717, 1.165) is 17.5 Å². The van der Waals surface area contributed by atoms with Gasteiger partial charge in [0.15, 0.2) is 0 Å². The second-order valence-corrected chi connectivity index (χ2v) is 5.78. The van der Waals surface area contributed by atoms with Gasteiger partial charge in [0.05, 0.1) is 17.7 Å². The third-order valence-corrected chi connectivity index (χ3v) is 3.94. The van der Waals surface area contributed by atoms with Gasteiger partial charge in [-0.15, -0.1) is 0 Å². The number of pyridine rings is 1. The summed E-state index contributed by atoms with van der Waals surface area (Å²) in [5, 5.41) is 3.13. The molecule has 0 aliphatic carbocycles. The minimum absolute atomic E-state index is 0.236. The molecule has 0 atom stereocenters. The SMILES string of the molecule is Cc1ccc(CCOc2cc(C)c3[nH]cc(C(=O)N=[N+]=[N-])c3n2)cc1. The van der Waals surface area contributed by atoms with E-state index in [1.54, 1.807) is 0 Å². The van der Waals surface area contributed by atoms with Crippen LogP contribution in [-0.4, -0.2) is 22.5 Å². The quantitative estimate of drug-likeness (QED) is 0.428. The summed E-state index contributed by atoms with van der Waals surface area (Å²) in [6, 6.07) is 10.1. The Morgan fingerprint density at radius 2 is 2.08 bits per heavy atom. The van der Waals surface area contributed by atoms with Crippen LogP contribution in [0, 0.1) is 13.8 Å². The predicted octanol–water partition coefficient (Wildman–Crippen LogP) is 4.25. The number of aromatic amines is 1. The maximum absolute atomic E-state index is 11.8. The van der Waals surface area contributed by atoms with Crippen molar-refractivity contribution in [3.05, 3.63) is 69.2 Å². The second kappa shape index (κ2) is 7.07. The fourth-order valence-electron chi connectivity index (χ4n) is 2.59. The Kier molecular flexibility index (Phi) is 4.68. The van der Waals surface area contributed by atoms with E-state index in [4.69, 9.17) is 10.3 Å². The number of nitrogens with one attached hydrogen (secondary N) is 1. The van der Waals surface area contributed by atoms with Gasteiger partial charge in [0.2, 0.25) is 5.88 Å². The summed E-state index contributed by atoms with van der Waals surface area (Å²) in [4.78, 5) is 21.8. The van der Waals surface area contributed by atoms with Crippen molar-refractivity contribution in [2.24, 2.45) is 5.11 Å². The first-order valence-electron chi connectivity index (χ1n) is 7.85. The van der Waals surface area contributed by atoms with Gasteiger partial charge < -0.3 is 9.72 Å². The van der Waals surface area contributed by atoms with E-state index >= 15 is 0 Å². The number of nitrogens with zero attached hydrogens (tertiary/aromatic N) is 4. The summed E-state index contributed by atoms with van der Waals surface area (Å²) >= 11 is 0. The van der Waals surface area contributed by atoms with Crippen molar-refractivity contribution >= 4 is 16.9 Å². The maximum atomic E-state index is 11.8. The molecule has 0 spiro atoms. The van der Waals surface area contributed by atoms with E-state index in [0.29, 0.717) is 18.0 Å². The fraction of sp³-hybridized carbons (Fsp3) is 0.222. The van der Waals surface area contributed by atoms with E-state index < -0.39 is 5.91 Å². The van der Waals surface area contributed by atoms with Crippen LogP contribution >= 0.6 is 0 Å². The molecular formula is C18H17N5O2. The Labute approximate surface area is 144 Å². The Hall–Kier alpha value is -3.31.